The third-order valence-electron chi connectivity index (χ3n) is 3.03. The van der Waals surface area contributed by atoms with Crippen LogP contribution in [-0.2, 0) is 4.74 Å². The summed E-state index contributed by atoms with van der Waals surface area (Å²) < 4.78 is 32.0. The highest BCUT2D eigenvalue weighted by Gasteiger charge is 2.22. The lowest BCUT2D eigenvalue weighted by molar-refractivity contribution is 0.0120. The summed E-state index contributed by atoms with van der Waals surface area (Å²) >= 11 is 0. The van der Waals surface area contributed by atoms with Gasteiger partial charge in [-0.2, -0.15) is 0 Å². The minimum Gasteiger partial charge on any atom is -0.444 e. The van der Waals surface area contributed by atoms with Gasteiger partial charge in [-0.3, -0.25) is 4.79 Å². The number of halogens is 2. The molecule has 0 aliphatic carbocycles. The summed E-state index contributed by atoms with van der Waals surface area (Å²) in [5.41, 5.74) is -1.62. The molecule has 0 bridgehead atoms. The molecule has 0 spiro atoms. The van der Waals surface area contributed by atoms with Crippen molar-refractivity contribution in [3.8, 4) is 0 Å². The Kier molecular flexibility index (Phi) is 6.80. The van der Waals surface area contributed by atoms with Crippen LogP contribution in [0.2, 0.25) is 0 Å². The highest BCUT2D eigenvalue weighted by atomic mass is 19.1. The first kappa shape index (κ1) is 20.0. The fourth-order valence-electron chi connectivity index (χ4n) is 1.90. The second kappa shape index (κ2) is 8.16. The van der Waals surface area contributed by atoms with Crippen LogP contribution in [0.1, 0.15) is 49.2 Å². The highest BCUT2D eigenvalue weighted by Crippen LogP contribution is 2.23. The van der Waals surface area contributed by atoms with Crippen molar-refractivity contribution in [2.24, 2.45) is 0 Å². The molecule has 2 unspecified atom stereocenters. The number of aliphatic hydroxyl groups excluding tert-OH is 2. The summed E-state index contributed by atoms with van der Waals surface area (Å²) in [6.07, 6.45) is -3.67. The molecule has 0 heterocycles. The molecule has 0 aliphatic rings. The van der Waals surface area contributed by atoms with Crippen LogP contribution >= 0.6 is 0 Å². The van der Waals surface area contributed by atoms with Gasteiger partial charge < -0.3 is 20.3 Å². The topological polar surface area (TPSA) is 95.9 Å². The molecular formula is C16H21F2NO5. The maximum Gasteiger partial charge on any atom is 0.407 e. The van der Waals surface area contributed by atoms with Crippen LogP contribution in [0.25, 0.3) is 0 Å². The van der Waals surface area contributed by atoms with Gasteiger partial charge in [0.2, 0.25) is 0 Å². The molecule has 1 rings (SSSR count). The molecular weight excluding hydrogens is 324 g/mol. The molecule has 1 amide bonds. The fraction of sp³-hybridized carbons (Fsp3) is 0.500. The van der Waals surface area contributed by atoms with Crippen molar-refractivity contribution in [3.05, 3.63) is 34.9 Å². The number of nitrogens with one attached hydrogen (secondary N) is 1. The molecule has 0 saturated heterocycles. The first-order valence-corrected chi connectivity index (χ1v) is 7.32. The Hall–Kier alpha value is -2.06. The van der Waals surface area contributed by atoms with Crippen molar-refractivity contribution >= 4 is 12.4 Å². The van der Waals surface area contributed by atoms with E-state index in [0.29, 0.717) is 0 Å². The molecule has 1 aromatic carbocycles. The zero-order valence-electron chi connectivity index (χ0n) is 13.7. The van der Waals surface area contributed by atoms with Crippen LogP contribution in [0, 0.1) is 11.6 Å². The molecule has 8 heteroatoms. The summed E-state index contributed by atoms with van der Waals surface area (Å²) in [5, 5.41) is 22.2. The minimum atomic E-state index is -1.57. The maximum absolute atomic E-state index is 13.5. The lowest BCUT2D eigenvalue weighted by Gasteiger charge is -2.21. The van der Waals surface area contributed by atoms with Gasteiger partial charge in [-0.05, 0) is 44.9 Å². The van der Waals surface area contributed by atoms with Crippen molar-refractivity contribution in [2.45, 2.75) is 45.0 Å². The van der Waals surface area contributed by atoms with Gasteiger partial charge in [-0.25, -0.2) is 13.6 Å². The largest absolute Gasteiger partial charge is 0.444 e. The Balaban J connectivity index is 2.61. The Labute approximate surface area is 138 Å². The molecule has 0 radical (unpaired) electrons. The molecule has 0 aromatic heterocycles. The van der Waals surface area contributed by atoms with Gasteiger partial charge in [0.25, 0.3) is 0 Å². The summed E-state index contributed by atoms with van der Waals surface area (Å²) in [6, 6.07) is 1.56. The number of ether oxygens (including phenoxy) is 1. The van der Waals surface area contributed by atoms with E-state index in [9.17, 15) is 28.6 Å². The smallest absolute Gasteiger partial charge is 0.407 e. The highest BCUT2D eigenvalue weighted by molar-refractivity contribution is 5.75. The average molecular weight is 345 g/mol. The molecule has 0 fully saturated rings. The van der Waals surface area contributed by atoms with Gasteiger partial charge in [-0.15, -0.1) is 0 Å². The van der Waals surface area contributed by atoms with Crippen molar-refractivity contribution in [1.82, 2.24) is 5.32 Å². The van der Waals surface area contributed by atoms with Gasteiger partial charge in [0.05, 0.1) is 11.7 Å². The van der Waals surface area contributed by atoms with Crippen LogP contribution in [0.4, 0.5) is 13.6 Å². The predicted octanol–water partition coefficient (Wildman–Crippen LogP) is 2.09. The van der Waals surface area contributed by atoms with E-state index in [2.05, 4.69) is 5.32 Å². The van der Waals surface area contributed by atoms with E-state index in [1.54, 1.807) is 20.8 Å². The first-order valence-electron chi connectivity index (χ1n) is 7.32. The third kappa shape index (κ3) is 5.86. The zero-order valence-corrected chi connectivity index (χ0v) is 13.7. The normalized spacial score (nSPS) is 14.0. The van der Waals surface area contributed by atoms with E-state index in [4.69, 9.17) is 4.74 Å². The van der Waals surface area contributed by atoms with Gasteiger partial charge in [0, 0.05) is 6.54 Å². The van der Waals surface area contributed by atoms with Crippen molar-refractivity contribution < 1.29 is 33.3 Å². The van der Waals surface area contributed by atoms with Crippen LogP contribution < -0.4 is 5.32 Å². The number of hydrogen-bond donors (Lipinski definition) is 3. The Morgan fingerprint density at radius 3 is 2.29 bits per heavy atom. The van der Waals surface area contributed by atoms with Gasteiger partial charge in [-0.1, -0.05) is 0 Å². The number of aliphatic hydroxyl groups is 2. The van der Waals surface area contributed by atoms with Crippen LogP contribution in [0.15, 0.2) is 12.1 Å². The number of carbonyl (C=O) groups excluding carboxylic acids is 2. The number of amides is 1. The van der Waals surface area contributed by atoms with Crippen LogP contribution in [0.5, 0.6) is 0 Å². The minimum absolute atomic E-state index is 0.00940. The van der Waals surface area contributed by atoms with Crippen LogP contribution in [-0.4, -0.2) is 40.8 Å². The summed E-state index contributed by atoms with van der Waals surface area (Å²) in [4.78, 5) is 22.0. The second-order valence-electron chi connectivity index (χ2n) is 6.25. The standard InChI is InChI=1S/C16H21F2NO5/c1-16(2,3)24-15(23)19-5-4-13(21)14(22)9-6-11(17)10(8-20)12(18)7-9/h6-8,13-14,21-22H,4-5H2,1-3H3,(H,19,23). The molecule has 3 N–H and O–H groups in total. The summed E-state index contributed by atoms with van der Waals surface area (Å²) in [5.74, 6) is -2.25. The Bertz CT molecular complexity index is 578. The van der Waals surface area contributed by atoms with E-state index >= 15 is 0 Å². The number of alkyl carbamates (subject to hydrolysis) is 1. The SMILES string of the molecule is CC(C)(C)OC(=O)NCCC(O)C(O)c1cc(F)c(C=O)c(F)c1. The molecule has 1 aromatic rings. The first-order chi connectivity index (χ1) is 11.0. The molecule has 0 saturated carbocycles. The van der Waals surface area contributed by atoms with Gasteiger partial charge in [0.15, 0.2) is 6.29 Å². The van der Waals surface area contributed by atoms with E-state index in [1.165, 1.54) is 0 Å². The number of hydrogen-bond acceptors (Lipinski definition) is 5. The molecule has 24 heavy (non-hydrogen) atoms. The predicted molar refractivity (Wildman–Crippen MR) is 81.6 cm³/mol. The Morgan fingerprint density at radius 2 is 1.83 bits per heavy atom. The van der Waals surface area contributed by atoms with E-state index < -0.39 is 41.1 Å². The summed E-state index contributed by atoms with van der Waals surface area (Å²) in [6.45, 7) is 5.07. The monoisotopic (exact) mass is 345 g/mol. The quantitative estimate of drug-likeness (QED) is 0.686. The van der Waals surface area contributed by atoms with Crippen molar-refractivity contribution in [1.29, 1.82) is 0 Å². The summed E-state index contributed by atoms with van der Waals surface area (Å²) in [7, 11) is 0. The lowest BCUT2D eigenvalue weighted by Crippen LogP contribution is -2.34. The number of benzene rings is 1. The van der Waals surface area contributed by atoms with Gasteiger partial charge in [0.1, 0.15) is 23.3 Å². The van der Waals surface area contributed by atoms with Gasteiger partial charge >= 0.3 is 6.09 Å². The van der Waals surface area contributed by atoms with Crippen LogP contribution in [0.3, 0.4) is 0 Å². The maximum atomic E-state index is 13.5. The zero-order chi connectivity index (χ0) is 18.5. The van der Waals surface area contributed by atoms with Crippen molar-refractivity contribution in [2.75, 3.05) is 6.54 Å². The number of carbonyl (C=O) groups is 2. The second-order valence-corrected chi connectivity index (χ2v) is 6.25. The van der Waals surface area contributed by atoms with E-state index in [0.717, 1.165) is 12.1 Å². The molecule has 6 nitrogen and oxygen atoms in total. The molecule has 134 valence electrons. The number of rotatable bonds is 6. The Morgan fingerprint density at radius 1 is 1.29 bits per heavy atom. The molecule has 0 aliphatic heterocycles. The molecule has 2 atom stereocenters. The fourth-order valence-corrected chi connectivity index (χ4v) is 1.90. The average Bonchev–Trinajstić information content (AvgIpc) is 2.44. The number of aldehydes is 1. The lowest BCUT2D eigenvalue weighted by atomic mass is 10.00. The van der Waals surface area contributed by atoms with E-state index in [1.807, 2.05) is 0 Å². The van der Waals surface area contributed by atoms with E-state index in [-0.39, 0.29) is 24.8 Å². The van der Waals surface area contributed by atoms with Crippen molar-refractivity contribution in [3.63, 3.8) is 0 Å². The third-order valence-corrected chi connectivity index (χ3v) is 3.03.